The first kappa shape index (κ1) is 49.6. The number of oxime groups is 1. The molecule has 0 aromatic heterocycles. The molecule has 2 N–H and O–H groups in total. The van der Waals surface area contributed by atoms with Crippen molar-refractivity contribution in [2.45, 2.75) is 94.8 Å². The van der Waals surface area contributed by atoms with E-state index < -0.39 is 24.0 Å². The topological polar surface area (TPSA) is 162 Å². The number of benzene rings is 5. The summed E-state index contributed by atoms with van der Waals surface area (Å²) >= 11 is 0. The highest BCUT2D eigenvalue weighted by atomic mass is 16.8. The Bertz CT molecular complexity index is 2820. The number of nitrogens with zero attached hydrogens (tertiary/aromatic N) is 3. The second-order valence-corrected chi connectivity index (χ2v) is 19.5. The largest absolute Gasteiger partial charge is 0.459 e. The van der Waals surface area contributed by atoms with Crippen molar-refractivity contribution in [1.29, 1.82) is 5.26 Å². The van der Waals surface area contributed by atoms with Crippen LogP contribution in [0.25, 0.3) is 11.1 Å². The summed E-state index contributed by atoms with van der Waals surface area (Å²) in [6, 6.07) is 38.0. The molecular formula is C60H63N3O10. The first-order chi connectivity index (χ1) is 35.9. The van der Waals surface area contributed by atoms with Crippen LogP contribution in [0.15, 0.2) is 145 Å². The lowest BCUT2D eigenvalue weighted by Gasteiger charge is -2.60. The number of unbranched alkanes of at least 4 members (excludes halogenated alkanes) is 2. The van der Waals surface area contributed by atoms with E-state index in [2.05, 4.69) is 49.1 Å². The van der Waals surface area contributed by atoms with Crippen LogP contribution in [-0.2, 0) is 20.9 Å². The lowest BCUT2D eigenvalue weighted by Crippen LogP contribution is -2.70. The summed E-state index contributed by atoms with van der Waals surface area (Å²) in [5.41, 5.74) is 6.30. The van der Waals surface area contributed by atoms with Gasteiger partial charge in [0.1, 0.15) is 23.3 Å². The fourth-order valence-corrected chi connectivity index (χ4v) is 11.5. The first-order valence-electron chi connectivity index (χ1n) is 25.8. The Morgan fingerprint density at radius 2 is 1.60 bits per heavy atom. The molecule has 73 heavy (non-hydrogen) atoms. The monoisotopic (exact) mass is 985 g/mol. The normalized spacial score (nSPS) is 24.0. The number of allylic oxidation sites excluding steroid dienone is 1. The standard InChI is InChI=1S/C60H63N3O10/c1-2-31-70-60-55(63(59(66)44-20-17-40(37-61)18-21-44)38-41-19-27-53-54(33-41)69-39-68-53)36-51(62-73-56-16-8-11-32-67-56)49-34-45(14-6-9-29-64)48(15-7-10-30-65)57(58(49)60)50-35-47(26-28-52(50)72-60)71-46-24-22-43(23-25-46)42-12-4-3-5-13-42/h2-5,12-13,17-28,33-35,45,48,55-58,64-65H,1,6-11,14-16,29-32,36,38-39H2/t45-,48+,55-,56?,57+,58+,60+/m0/s1. The zero-order chi connectivity index (χ0) is 50.2. The van der Waals surface area contributed by atoms with E-state index >= 15 is 4.79 Å². The molecule has 0 spiro atoms. The molecule has 2 fully saturated rings. The summed E-state index contributed by atoms with van der Waals surface area (Å²) in [6.07, 6.45) is 10.7. The lowest BCUT2D eigenvalue weighted by molar-refractivity contribution is -0.255. The summed E-state index contributed by atoms with van der Waals surface area (Å²) in [6.45, 7) is 5.14. The third-order valence-electron chi connectivity index (χ3n) is 14.9. The average Bonchev–Trinajstić information content (AvgIpc) is 3.92. The molecule has 10 rings (SSSR count). The van der Waals surface area contributed by atoms with Crippen molar-refractivity contribution in [3.63, 3.8) is 0 Å². The minimum Gasteiger partial charge on any atom is -0.459 e. The fraction of sp³-hybridized carbons (Fsp3) is 0.383. The van der Waals surface area contributed by atoms with Gasteiger partial charge in [-0.1, -0.05) is 78.7 Å². The molecule has 0 radical (unpaired) electrons. The van der Waals surface area contributed by atoms with Crippen molar-refractivity contribution < 1.29 is 48.3 Å². The van der Waals surface area contributed by atoms with Crippen molar-refractivity contribution >= 4 is 11.6 Å². The first-order valence-corrected chi connectivity index (χ1v) is 25.8. The minimum atomic E-state index is -1.53. The summed E-state index contributed by atoms with van der Waals surface area (Å²) < 4.78 is 39.2. The number of amides is 1. The van der Waals surface area contributed by atoms with Crippen LogP contribution >= 0.6 is 0 Å². The number of ether oxygens (including phenoxy) is 6. The molecule has 1 saturated carbocycles. The van der Waals surface area contributed by atoms with Gasteiger partial charge in [-0.3, -0.25) is 4.79 Å². The molecular weight excluding hydrogens is 923 g/mol. The molecule has 1 saturated heterocycles. The number of carbonyl (C=O) groups excluding carboxylic acids is 1. The van der Waals surface area contributed by atoms with Crippen molar-refractivity contribution in [2.75, 3.05) is 33.2 Å². The highest BCUT2D eigenvalue weighted by molar-refractivity contribution is 6.03. The quantitative estimate of drug-likeness (QED) is 0.0434. The second-order valence-electron chi connectivity index (χ2n) is 19.5. The van der Waals surface area contributed by atoms with E-state index in [4.69, 9.17) is 38.4 Å². The molecule has 1 unspecified atom stereocenters. The van der Waals surface area contributed by atoms with Gasteiger partial charge in [0.15, 0.2) is 11.5 Å². The predicted molar refractivity (Wildman–Crippen MR) is 275 cm³/mol. The molecule has 5 aliphatic rings. The third kappa shape index (κ3) is 10.6. The summed E-state index contributed by atoms with van der Waals surface area (Å²) in [5.74, 6) is 0.457. The van der Waals surface area contributed by atoms with Gasteiger partial charge in [-0.05, 0) is 139 Å². The zero-order valence-electron chi connectivity index (χ0n) is 41.1. The maximum Gasteiger partial charge on any atom is 0.254 e. The Kier molecular flexibility index (Phi) is 15.5. The maximum atomic E-state index is 15.6. The van der Waals surface area contributed by atoms with Gasteiger partial charge in [0, 0.05) is 49.6 Å². The van der Waals surface area contributed by atoms with Crippen LogP contribution in [0.5, 0.6) is 28.7 Å². The van der Waals surface area contributed by atoms with Gasteiger partial charge < -0.3 is 48.4 Å². The Morgan fingerprint density at radius 3 is 2.36 bits per heavy atom. The Labute approximate surface area is 427 Å². The fourth-order valence-electron chi connectivity index (χ4n) is 11.5. The molecule has 1 amide bonds. The van der Waals surface area contributed by atoms with E-state index in [1.54, 1.807) is 30.3 Å². The van der Waals surface area contributed by atoms with E-state index in [1.165, 1.54) is 0 Å². The van der Waals surface area contributed by atoms with Crippen LogP contribution in [0.1, 0.15) is 97.2 Å². The van der Waals surface area contributed by atoms with E-state index in [0.29, 0.717) is 71.5 Å². The van der Waals surface area contributed by atoms with Crippen LogP contribution in [0.2, 0.25) is 0 Å². The van der Waals surface area contributed by atoms with Crippen LogP contribution in [0.3, 0.4) is 0 Å². The van der Waals surface area contributed by atoms with Crippen LogP contribution in [0.4, 0.5) is 0 Å². The van der Waals surface area contributed by atoms with Gasteiger partial charge in [0.25, 0.3) is 5.91 Å². The van der Waals surface area contributed by atoms with E-state index in [0.717, 1.165) is 66.4 Å². The van der Waals surface area contributed by atoms with Crippen LogP contribution in [0, 0.1) is 29.1 Å². The summed E-state index contributed by atoms with van der Waals surface area (Å²) in [5, 5.41) is 35.0. The smallest absolute Gasteiger partial charge is 0.254 e. The van der Waals surface area contributed by atoms with E-state index in [9.17, 15) is 15.5 Å². The van der Waals surface area contributed by atoms with Crippen molar-refractivity contribution in [3.8, 4) is 45.9 Å². The summed E-state index contributed by atoms with van der Waals surface area (Å²) in [4.78, 5) is 23.8. The number of fused-ring (bicyclic) bond motifs is 3. The SMILES string of the molecule is C=CCO[C@@]12Oc3ccc(Oc4ccc(-c5ccccc5)cc4)cc3[C@H]3[C@H](CCCCO)[C@@H](CCCCO)C=C(C(=NOC4CCCCO4)C[C@@H]1N(Cc1ccc4c(c1)OCO4)C(=O)c1ccc(C#N)cc1)[C@H]32. The number of rotatable bonds is 20. The Morgan fingerprint density at radius 1 is 0.849 bits per heavy atom. The van der Waals surface area contributed by atoms with Crippen LogP contribution < -0.4 is 18.9 Å². The summed E-state index contributed by atoms with van der Waals surface area (Å²) in [7, 11) is 0. The lowest BCUT2D eigenvalue weighted by atomic mass is 9.55. The van der Waals surface area contributed by atoms with Crippen LogP contribution in [-0.4, -0.2) is 78.1 Å². The molecule has 13 heteroatoms. The molecule has 5 aromatic carbocycles. The average molecular weight is 986 g/mol. The van der Waals surface area contributed by atoms with Crippen molar-refractivity contribution in [1.82, 2.24) is 4.90 Å². The van der Waals surface area contributed by atoms with Gasteiger partial charge in [-0.2, -0.15) is 5.26 Å². The maximum absolute atomic E-state index is 15.6. The highest BCUT2D eigenvalue weighted by Crippen LogP contribution is 2.62. The number of nitriles is 1. The van der Waals surface area contributed by atoms with Gasteiger partial charge in [-0.15, -0.1) is 6.58 Å². The molecule has 7 atom stereocenters. The van der Waals surface area contributed by atoms with E-state index in [-0.39, 0.29) is 63.2 Å². The second kappa shape index (κ2) is 22.9. The third-order valence-corrected chi connectivity index (χ3v) is 14.9. The van der Waals surface area contributed by atoms with Gasteiger partial charge in [0.2, 0.25) is 18.9 Å². The minimum absolute atomic E-state index is 0.00658. The molecule has 5 aromatic rings. The molecule has 13 nitrogen and oxygen atoms in total. The zero-order valence-corrected chi connectivity index (χ0v) is 41.1. The number of hydrogen-bond donors (Lipinski definition) is 2. The predicted octanol–water partition coefficient (Wildman–Crippen LogP) is 11.2. The molecule has 2 aliphatic carbocycles. The number of aliphatic hydroxyl groups excluding tert-OH is 2. The van der Waals surface area contributed by atoms with E-state index in [1.807, 2.05) is 65.6 Å². The van der Waals surface area contributed by atoms with Crippen molar-refractivity contribution in [2.24, 2.45) is 22.9 Å². The number of hydrogen-bond acceptors (Lipinski definition) is 12. The number of aliphatic hydroxyl groups is 2. The molecule has 3 heterocycles. The highest BCUT2D eigenvalue weighted by Gasteiger charge is 2.65. The molecule has 0 bridgehead atoms. The van der Waals surface area contributed by atoms with Gasteiger partial charge in [0.05, 0.1) is 36.5 Å². The van der Waals surface area contributed by atoms with Crippen molar-refractivity contribution in [3.05, 3.63) is 162 Å². The molecule has 378 valence electrons. The molecule has 3 aliphatic heterocycles. The van der Waals surface area contributed by atoms with Gasteiger partial charge >= 0.3 is 0 Å². The number of carbonyl (C=O) groups is 1. The Hall–Kier alpha value is -6.95. The van der Waals surface area contributed by atoms with Gasteiger partial charge in [-0.25, -0.2) is 0 Å². The Balaban J connectivity index is 1.15.